The van der Waals surface area contributed by atoms with Crippen LogP contribution in [0.5, 0.6) is 0 Å². The SMILES string of the molecule is CC(C)(CNCCS)c1ccccc1F. The molecular formula is C12H18FNS. The molecule has 0 radical (unpaired) electrons. The summed E-state index contributed by atoms with van der Waals surface area (Å²) in [6, 6.07) is 6.95. The quantitative estimate of drug-likeness (QED) is 0.582. The minimum atomic E-state index is -0.186. The van der Waals surface area contributed by atoms with Gasteiger partial charge in [0.1, 0.15) is 5.82 Å². The molecule has 0 fully saturated rings. The van der Waals surface area contributed by atoms with Gasteiger partial charge in [0.25, 0.3) is 0 Å². The van der Waals surface area contributed by atoms with E-state index in [9.17, 15) is 4.39 Å². The van der Waals surface area contributed by atoms with Crippen molar-refractivity contribution < 1.29 is 4.39 Å². The van der Waals surface area contributed by atoms with Crippen molar-refractivity contribution in [1.29, 1.82) is 0 Å². The van der Waals surface area contributed by atoms with Crippen molar-refractivity contribution in [2.75, 3.05) is 18.8 Å². The smallest absolute Gasteiger partial charge is 0.126 e. The van der Waals surface area contributed by atoms with Gasteiger partial charge >= 0.3 is 0 Å². The van der Waals surface area contributed by atoms with E-state index < -0.39 is 0 Å². The Kier molecular flexibility index (Phi) is 4.61. The standard InChI is InChI=1S/C12H18FNS/c1-12(2,9-14-7-8-15)10-5-3-4-6-11(10)13/h3-6,14-15H,7-9H2,1-2H3. The Morgan fingerprint density at radius 3 is 2.60 bits per heavy atom. The maximum atomic E-state index is 13.6. The molecule has 0 saturated heterocycles. The van der Waals surface area contributed by atoms with Crippen molar-refractivity contribution in [2.24, 2.45) is 0 Å². The predicted molar refractivity (Wildman–Crippen MR) is 66.1 cm³/mol. The van der Waals surface area contributed by atoms with Crippen molar-refractivity contribution in [3.63, 3.8) is 0 Å². The fourth-order valence-corrected chi connectivity index (χ4v) is 1.74. The third kappa shape index (κ3) is 3.50. The molecule has 15 heavy (non-hydrogen) atoms. The van der Waals surface area contributed by atoms with Gasteiger partial charge in [-0.15, -0.1) is 0 Å². The van der Waals surface area contributed by atoms with Gasteiger partial charge in [-0.25, -0.2) is 4.39 Å². The number of benzene rings is 1. The molecule has 1 aromatic rings. The molecule has 0 bridgehead atoms. The first-order valence-electron chi connectivity index (χ1n) is 5.14. The summed E-state index contributed by atoms with van der Waals surface area (Å²) in [7, 11) is 0. The van der Waals surface area contributed by atoms with Crippen LogP contribution in [0.25, 0.3) is 0 Å². The number of rotatable bonds is 5. The summed E-state index contributed by atoms with van der Waals surface area (Å²) < 4.78 is 13.6. The van der Waals surface area contributed by atoms with Crippen LogP contribution in [-0.4, -0.2) is 18.8 Å². The molecule has 0 unspecified atom stereocenters. The van der Waals surface area contributed by atoms with Gasteiger partial charge in [-0.2, -0.15) is 12.6 Å². The summed E-state index contributed by atoms with van der Waals surface area (Å²) in [5.41, 5.74) is 0.575. The highest BCUT2D eigenvalue weighted by atomic mass is 32.1. The van der Waals surface area contributed by atoms with E-state index in [2.05, 4.69) is 17.9 Å². The van der Waals surface area contributed by atoms with Crippen molar-refractivity contribution >= 4 is 12.6 Å². The summed E-state index contributed by atoms with van der Waals surface area (Å²) in [5, 5.41) is 3.26. The van der Waals surface area contributed by atoms with E-state index in [1.807, 2.05) is 26.0 Å². The highest BCUT2D eigenvalue weighted by molar-refractivity contribution is 7.80. The van der Waals surface area contributed by atoms with Crippen LogP contribution in [0.4, 0.5) is 4.39 Å². The van der Waals surface area contributed by atoms with Crippen LogP contribution < -0.4 is 5.32 Å². The zero-order chi connectivity index (χ0) is 11.3. The Morgan fingerprint density at radius 1 is 1.33 bits per heavy atom. The molecule has 84 valence electrons. The molecule has 1 rings (SSSR count). The molecule has 1 aromatic carbocycles. The molecule has 0 atom stereocenters. The topological polar surface area (TPSA) is 12.0 Å². The van der Waals surface area contributed by atoms with Gasteiger partial charge in [-0.3, -0.25) is 0 Å². The molecule has 0 amide bonds. The third-order valence-corrected chi connectivity index (χ3v) is 2.68. The first kappa shape index (κ1) is 12.5. The van der Waals surface area contributed by atoms with Crippen LogP contribution >= 0.6 is 12.6 Å². The van der Waals surface area contributed by atoms with Crippen molar-refractivity contribution in [2.45, 2.75) is 19.3 Å². The minimum Gasteiger partial charge on any atom is -0.315 e. The van der Waals surface area contributed by atoms with Crippen LogP contribution in [-0.2, 0) is 5.41 Å². The van der Waals surface area contributed by atoms with Crippen LogP contribution in [0.1, 0.15) is 19.4 Å². The second kappa shape index (κ2) is 5.52. The van der Waals surface area contributed by atoms with Gasteiger partial charge in [0.2, 0.25) is 0 Å². The molecule has 0 spiro atoms. The van der Waals surface area contributed by atoms with Gasteiger partial charge < -0.3 is 5.32 Å². The van der Waals surface area contributed by atoms with Gasteiger partial charge in [0.15, 0.2) is 0 Å². The number of hydrogen-bond acceptors (Lipinski definition) is 2. The third-order valence-electron chi connectivity index (χ3n) is 2.46. The number of nitrogens with one attached hydrogen (secondary N) is 1. The predicted octanol–water partition coefficient (Wildman–Crippen LogP) is 2.62. The van der Waals surface area contributed by atoms with Gasteiger partial charge in [-0.1, -0.05) is 32.0 Å². The van der Waals surface area contributed by atoms with Crippen molar-refractivity contribution in [3.8, 4) is 0 Å². The van der Waals surface area contributed by atoms with E-state index in [0.29, 0.717) is 0 Å². The van der Waals surface area contributed by atoms with E-state index in [-0.39, 0.29) is 11.2 Å². The van der Waals surface area contributed by atoms with E-state index in [0.717, 1.165) is 24.4 Å². The first-order chi connectivity index (χ1) is 7.08. The van der Waals surface area contributed by atoms with Crippen LogP contribution in [0, 0.1) is 5.82 Å². The summed E-state index contributed by atoms with van der Waals surface area (Å²) in [5.74, 6) is 0.669. The van der Waals surface area contributed by atoms with E-state index in [4.69, 9.17) is 0 Å². The van der Waals surface area contributed by atoms with Crippen LogP contribution in [0.2, 0.25) is 0 Å². The molecule has 0 saturated carbocycles. The highest BCUT2D eigenvalue weighted by Crippen LogP contribution is 2.24. The fourth-order valence-electron chi connectivity index (χ4n) is 1.59. The highest BCUT2D eigenvalue weighted by Gasteiger charge is 2.22. The lowest BCUT2D eigenvalue weighted by atomic mass is 9.84. The minimum absolute atomic E-state index is 0.129. The second-order valence-corrected chi connectivity index (χ2v) is 4.71. The zero-order valence-corrected chi connectivity index (χ0v) is 10.2. The van der Waals surface area contributed by atoms with E-state index in [1.54, 1.807) is 6.07 Å². The Labute approximate surface area is 96.5 Å². The summed E-state index contributed by atoms with van der Waals surface area (Å²) in [6.45, 7) is 5.68. The van der Waals surface area contributed by atoms with Crippen molar-refractivity contribution in [1.82, 2.24) is 5.32 Å². The Balaban J connectivity index is 2.72. The average Bonchev–Trinajstić information content (AvgIpc) is 2.18. The average molecular weight is 227 g/mol. The molecule has 1 nitrogen and oxygen atoms in total. The lowest BCUT2D eigenvalue weighted by Crippen LogP contribution is -2.34. The van der Waals surface area contributed by atoms with Gasteiger partial charge in [0, 0.05) is 24.3 Å². The Bertz CT molecular complexity index is 312. The lowest BCUT2D eigenvalue weighted by Gasteiger charge is -2.26. The molecule has 0 aliphatic heterocycles. The largest absolute Gasteiger partial charge is 0.315 e. The van der Waals surface area contributed by atoms with Gasteiger partial charge in [0.05, 0.1) is 0 Å². The maximum Gasteiger partial charge on any atom is 0.126 e. The van der Waals surface area contributed by atoms with Crippen LogP contribution in [0.15, 0.2) is 24.3 Å². The normalized spacial score (nSPS) is 11.7. The van der Waals surface area contributed by atoms with Gasteiger partial charge in [-0.05, 0) is 11.6 Å². The van der Waals surface area contributed by atoms with E-state index in [1.165, 1.54) is 6.07 Å². The zero-order valence-electron chi connectivity index (χ0n) is 9.26. The Morgan fingerprint density at radius 2 is 2.00 bits per heavy atom. The fraction of sp³-hybridized carbons (Fsp3) is 0.500. The molecule has 1 N–H and O–H groups in total. The second-order valence-electron chi connectivity index (χ2n) is 4.26. The molecule has 0 aliphatic rings. The molecule has 0 aromatic heterocycles. The molecule has 3 heteroatoms. The lowest BCUT2D eigenvalue weighted by molar-refractivity contribution is 0.451. The number of thiol groups is 1. The van der Waals surface area contributed by atoms with Crippen LogP contribution in [0.3, 0.4) is 0 Å². The van der Waals surface area contributed by atoms with E-state index >= 15 is 0 Å². The number of halogens is 1. The summed E-state index contributed by atoms with van der Waals surface area (Å²) >= 11 is 4.12. The number of hydrogen-bond donors (Lipinski definition) is 2. The summed E-state index contributed by atoms with van der Waals surface area (Å²) in [4.78, 5) is 0. The molecule has 0 aliphatic carbocycles. The first-order valence-corrected chi connectivity index (χ1v) is 5.78. The monoisotopic (exact) mass is 227 g/mol. The molecular weight excluding hydrogens is 209 g/mol. The van der Waals surface area contributed by atoms with Crippen molar-refractivity contribution in [3.05, 3.63) is 35.6 Å². The maximum absolute atomic E-state index is 13.6. The summed E-state index contributed by atoms with van der Waals surface area (Å²) in [6.07, 6.45) is 0. The molecule has 0 heterocycles. The Hall–Kier alpha value is -0.540.